The van der Waals surface area contributed by atoms with Crippen LogP contribution in [0.1, 0.15) is 19.3 Å². The van der Waals surface area contributed by atoms with E-state index in [9.17, 15) is 0 Å². The van der Waals surface area contributed by atoms with Crippen molar-refractivity contribution in [3.05, 3.63) is 17.5 Å². The van der Waals surface area contributed by atoms with Crippen LogP contribution in [-0.4, -0.2) is 16.0 Å². The predicted octanol–water partition coefficient (Wildman–Crippen LogP) is 2.09. The summed E-state index contributed by atoms with van der Waals surface area (Å²) in [7, 11) is 0. The van der Waals surface area contributed by atoms with Crippen molar-refractivity contribution in [1.82, 2.24) is 9.97 Å². The molecule has 0 radical (unpaired) electrons. The Morgan fingerprint density at radius 3 is 2.83 bits per heavy atom. The summed E-state index contributed by atoms with van der Waals surface area (Å²) in [4.78, 5) is 7.86. The molecule has 0 unspecified atom stereocenters. The topological polar surface area (TPSA) is 37.8 Å². The van der Waals surface area contributed by atoms with Gasteiger partial charge >= 0.3 is 0 Å². The first-order valence-electron chi connectivity index (χ1n) is 4.09. The Morgan fingerprint density at radius 2 is 2.25 bits per heavy atom. The third-order valence-corrected chi connectivity index (χ3v) is 2.30. The van der Waals surface area contributed by atoms with E-state index in [1.54, 1.807) is 6.07 Å². The Bertz CT molecular complexity index is 273. The maximum absolute atomic E-state index is 5.70. The lowest BCUT2D eigenvalue weighted by Gasteiger charge is -2.26. The molecular formula is C8H10ClN3. The third-order valence-electron chi connectivity index (χ3n) is 2.09. The van der Waals surface area contributed by atoms with Crippen molar-refractivity contribution in [1.29, 1.82) is 0 Å². The van der Waals surface area contributed by atoms with E-state index in [1.807, 2.05) is 0 Å². The normalized spacial score (nSPS) is 17.1. The molecule has 1 aliphatic rings. The minimum absolute atomic E-state index is 0.492. The van der Waals surface area contributed by atoms with Crippen LogP contribution >= 0.6 is 11.6 Å². The second kappa shape index (κ2) is 3.27. The lowest BCUT2D eigenvalue weighted by molar-refractivity contribution is 0.444. The SMILES string of the molecule is Clc1cc(NC2CCC2)ncn1. The molecule has 1 aromatic heterocycles. The van der Waals surface area contributed by atoms with Crippen LogP contribution in [0.15, 0.2) is 12.4 Å². The standard InChI is InChI=1S/C8H10ClN3/c9-7-4-8(11-5-10-7)12-6-2-1-3-6/h4-6H,1-3H2,(H,10,11,12). The highest BCUT2D eigenvalue weighted by atomic mass is 35.5. The first-order chi connectivity index (χ1) is 5.84. The molecule has 64 valence electrons. The summed E-state index contributed by atoms with van der Waals surface area (Å²) in [5.74, 6) is 0.833. The Morgan fingerprint density at radius 1 is 1.42 bits per heavy atom. The number of hydrogen-bond donors (Lipinski definition) is 1. The van der Waals surface area contributed by atoms with Crippen LogP contribution in [0, 0.1) is 0 Å². The van der Waals surface area contributed by atoms with Gasteiger partial charge in [-0.1, -0.05) is 11.6 Å². The molecule has 0 aromatic carbocycles. The van der Waals surface area contributed by atoms with Crippen molar-refractivity contribution in [2.75, 3.05) is 5.32 Å². The summed E-state index contributed by atoms with van der Waals surface area (Å²) in [5.41, 5.74) is 0. The molecule has 0 saturated heterocycles. The van der Waals surface area contributed by atoms with E-state index in [1.165, 1.54) is 25.6 Å². The zero-order chi connectivity index (χ0) is 8.39. The molecule has 0 spiro atoms. The zero-order valence-corrected chi connectivity index (χ0v) is 7.38. The maximum Gasteiger partial charge on any atom is 0.134 e. The average Bonchev–Trinajstić information content (AvgIpc) is 1.97. The molecule has 0 bridgehead atoms. The highest BCUT2D eigenvalue weighted by Crippen LogP contribution is 2.22. The molecule has 0 aliphatic heterocycles. The molecule has 12 heavy (non-hydrogen) atoms. The summed E-state index contributed by atoms with van der Waals surface area (Å²) in [6.07, 6.45) is 5.27. The lowest BCUT2D eigenvalue weighted by Crippen LogP contribution is -2.27. The monoisotopic (exact) mass is 183 g/mol. The second-order valence-electron chi connectivity index (χ2n) is 3.00. The number of rotatable bonds is 2. The van der Waals surface area contributed by atoms with Gasteiger partial charge in [0.1, 0.15) is 17.3 Å². The van der Waals surface area contributed by atoms with Gasteiger partial charge in [0, 0.05) is 12.1 Å². The molecule has 2 rings (SSSR count). The van der Waals surface area contributed by atoms with Gasteiger partial charge in [-0.2, -0.15) is 0 Å². The molecule has 1 aromatic rings. The molecule has 1 N–H and O–H groups in total. The van der Waals surface area contributed by atoms with Crippen LogP contribution in [0.25, 0.3) is 0 Å². The van der Waals surface area contributed by atoms with Crippen molar-refractivity contribution >= 4 is 17.4 Å². The van der Waals surface area contributed by atoms with Gasteiger partial charge in [0.2, 0.25) is 0 Å². The molecule has 3 nitrogen and oxygen atoms in total. The van der Waals surface area contributed by atoms with Gasteiger partial charge in [0.05, 0.1) is 0 Å². The maximum atomic E-state index is 5.70. The first-order valence-corrected chi connectivity index (χ1v) is 4.46. The van der Waals surface area contributed by atoms with Crippen LogP contribution in [0.5, 0.6) is 0 Å². The van der Waals surface area contributed by atoms with Crippen LogP contribution in [0.4, 0.5) is 5.82 Å². The summed E-state index contributed by atoms with van der Waals surface area (Å²) >= 11 is 5.70. The Kier molecular flexibility index (Phi) is 2.13. The molecule has 1 saturated carbocycles. The van der Waals surface area contributed by atoms with Crippen LogP contribution in [0.2, 0.25) is 5.15 Å². The van der Waals surface area contributed by atoms with Gasteiger partial charge in [-0.05, 0) is 19.3 Å². The first kappa shape index (κ1) is 7.80. The van der Waals surface area contributed by atoms with Gasteiger partial charge in [0.15, 0.2) is 0 Å². The molecule has 1 fully saturated rings. The van der Waals surface area contributed by atoms with Crippen molar-refractivity contribution in [2.45, 2.75) is 25.3 Å². The summed E-state index contributed by atoms with van der Waals surface area (Å²) in [6, 6.07) is 2.34. The fourth-order valence-electron chi connectivity index (χ4n) is 1.17. The average molecular weight is 184 g/mol. The van der Waals surface area contributed by atoms with Gasteiger partial charge in [-0.25, -0.2) is 9.97 Å². The number of aromatic nitrogens is 2. The summed E-state index contributed by atoms with van der Waals surface area (Å²) < 4.78 is 0. The fraction of sp³-hybridized carbons (Fsp3) is 0.500. The molecular weight excluding hydrogens is 174 g/mol. The summed E-state index contributed by atoms with van der Waals surface area (Å²) in [5, 5.41) is 3.78. The summed E-state index contributed by atoms with van der Waals surface area (Å²) in [6.45, 7) is 0. The number of halogens is 1. The van der Waals surface area contributed by atoms with Crippen molar-refractivity contribution in [2.24, 2.45) is 0 Å². The van der Waals surface area contributed by atoms with Crippen molar-refractivity contribution in [3.8, 4) is 0 Å². The van der Waals surface area contributed by atoms with E-state index in [-0.39, 0.29) is 0 Å². The van der Waals surface area contributed by atoms with Crippen molar-refractivity contribution < 1.29 is 0 Å². The van der Waals surface area contributed by atoms with E-state index in [2.05, 4.69) is 15.3 Å². The molecule has 1 aliphatic carbocycles. The smallest absolute Gasteiger partial charge is 0.134 e. The van der Waals surface area contributed by atoms with E-state index in [0.717, 1.165) is 5.82 Å². The van der Waals surface area contributed by atoms with Gasteiger partial charge < -0.3 is 5.32 Å². The molecule has 1 heterocycles. The van der Waals surface area contributed by atoms with E-state index < -0.39 is 0 Å². The molecule has 0 atom stereocenters. The van der Waals surface area contributed by atoms with E-state index in [0.29, 0.717) is 11.2 Å². The quantitative estimate of drug-likeness (QED) is 0.714. The van der Waals surface area contributed by atoms with E-state index in [4.69, 9.17) is 11.6 Å². The fourth-order valence-corrected chi connectivity index (χ4v) is 1.32. The second-order valence-corrected chi connectivity index (χ2v) is 3.39. The number of anilines is 1. The number of nitrogens with one attached hydrogen (secondary N) is 1. The number of nitrogens with zero attached hydrogens (tertiary/aromatic N) is 2. The Balaban J connectivity index is 2.02. The minimum Gasteiger partial charge on any atom is -0.367 e. The zero-order valence-electron chi connectivity index (χ0n) is 6.63. The van der Waals surface area contributed by atoms with Crippen LogP contribution in [-0.2, 0) is 0 Å². The van der Waals surface area contributed by atoms with Gasteiger partial charge in [-0.3, -0.25) is 0 Å². The van der Waals surface area contributed by atoms with Gasteiger partial charge in [-0.15, -0.1) is 0 Å². The van der Waals surface area contributed by atoms with Crippen LogP contribution < -0.4 is 5.32 Å². The molecule has 4 heteroatoms. The van der Waals surface area contributed by atoms with Gasteiger partial charge in [0.25, 0.3) is 0 Å². The highest BCUT2D eigenvalue weighted by molar-refractivity contribution is 6.29. The third kappa shape index (κ3) is 1.67. The number of hydrogen-bond acceptors (Lipinski definition) is 3. The highest BCUT2D eigenvalue weighted by Gasteiger charge is 2.17. The van der Waals surface area contributed by atoms with E-state index >= 15 is 0 Å². The van der Waals surface area contributed by atoms with Crippen molar-refractivity contribution in [3.63, 3.8) is 0 Å². The largest absolute Gasteiger partial charge is 0.367 e. The van der Waals surface area contributed by atoms with Crippen LogP contribution in [0.3, 0.4) is 0 Å². The predicted molar refractivity (Wildman–Crippen MR) is 48.3 cm³/mol. The lowest BCUT2D eigenvalue weighted by atomic mass is 9.93. The Labute approximate surface area is 76.2 Å². The Hall–Kier alpha value is -0.830. The minimum atomic E-state index is 0.492. The molecule has 0 amide bonds.